The zero-order valence-electron chi connectivity index (χ0n) is 22.7. The first-order valence-electron chi connectivity index (χ1n) is 12.6. The van der Waals surface area contributed by atoms with Crippen molar-refractivity contribution in [3.63, 3.8) is 0 Å². The van der Waals surface area contributed by atoms with E-state index in [2.05, 4.69) is 38.4 Å². The third-order valence-electron chi connectivity index (χ3n) is 5.77. The first-order chi connectivity index (χ1) is 20.4. The normalized spacial score (nSPS) is 10.7. The Labute approximate surface area is 261 Å². The second kappa shape index (κ2) is 15.1. The van der Waals surface area contributed by atoms with Gasteiger partial charge >= 0.3 is 0 Å². The van der Waals surface area contributed by atoms with Crippen molar-refractivity contribution in [2.24, 2.45) is 5.10 Å². The number of hydrogen-bond acceptors (Lipinski definition) is 7. The molecule has 4 rings (SSSR count). The van der Waals surface area contributed by atoms with Gasteiger partial charge in [-0.05, 0) is 88.3 Å². The molecule has 0 aliphatic carbocycles. The maximum atomic E-state index is 12.7. The van der Waals surface area contributed by atoms with Crippen LogP contribution in [0.3, 0.4) is 0 Å². The minimum absolute atomic E-state index is 0.224. The maximum absolute atomic E-state index is 12.7. The van der Waals surface area contributed by atoms with Crippen LogP contribution in [0.4, 0.5) is 5.69 Å². The van der Waals surface area contributed by atoms with Gasteiger partial charge in [0.15, 0.2) is 29.6 Å². The van der Waals surface area contributed by atoms with E-state index in [1.54, 1.807) is 54.6 Å². The first kappa shape index (κ1) is 30.7. The van der Waals surface area contributed by atoms with Crippen LogP contribution in [0, 0.1) is 3.57 Å². The molecule has 9 nitrogen and oxygen atoms in total. The highest BCUT2D eigenvalue weighted by Gasteiger charge is 2.14. The maximum Gasteiger partial charge on any atom is 0.271 e. The smallest absolute Gasteiger partial charge is 0.271 e. The van der Waals surface area contributed by atoms with E-state index in [0.717, 1.165) is 5.56 Å². The van der Waals surface area contributed by atoms with Gasteiger partial charge in [0.1, 0.15) is 6.61 Å². The van der Waals surface area contributed by atoms with Crippen molar-refractivity contribution in [3.8, 4) is 23.0 Å². The number of hydrogen-bond donors (Lipinski definition) is 2. The molecule has 0 saturated carbocycles. The number of carbonyl (C=O) groups excluding carboxylic acids is 2. The average molecular weight is 700 g/mol. The number of rotatable bonds is 12. The summed E-state index contributed by atoms with van der Waals surface area (Å²) >= 11 is 7.96. The summed E-state index contributed by atoms with van der Waals surface area (Å²) in [5, 5.41) is 7.39. The number of hydrazone groups is 1. The topological polar surface area (TPSA) is 107 Å². The highest BCUT2D eigenvalue weighted by Crippen LogP contribution is 2.34. The lowest BCUT2D eigenvalue weighted by Gasteiger charge is -2.13. The van der Waals surface area contributed by atoms with Crippen molar-refractivity contribution in [2.45, 2.75) is 6.61 Å². The van der Waals surface area contributed by atoms with Gasteiger partial charge in [-0.25, -0.2) is 5.43 Å². The van der Waals surface area contributed by atoms with Crippen LogP contribution in [-0.4, -0.2) is 38.9 Å². The zero-order chi connectivity index (χ0) is 29.9. The minimum atomic E-state index is -0.424. The van der Waals surface area contributed by atoms with Gasteiger partial charge in [0.2, 0.25) is 0 Å². The lowest BCUT2D eigenvalue weighted by Crippen LogP contribution is -2.20. The van der Waals surface area contributed by atoms with Gasteiger partial charge in [0.05, 0.1) is 24.0 Å². The molecule has 0 aromatic heterocycles. The molecule has 0 fully saturated rings. The fraction of sp³-hybridized carbons (Fsp3) is 0.129. The number of carbonyl (C=O) groups is 2. The quantitative estimate of drug-likeness (QED) is 0.102. The van der Waals surface area contributed by atoms with Crippen LogP contribution in [0.25, 0.3) is 0 Å². The lowest BCUT2D eigenvalue weighted by atomic mass is 10.2. The summed E-state index contributed by atoms with van der Waals surface area (Å²) in [7, 11) is 3.01. The number of nitrogens with zero attached hydrogens (tertiary/aromatic N) is 1. The summed E-state index contributed by atoms with van der Waals surface area (Å²) in [6, 6.07) is 24.9. The largest absolute Gasteiger partial charge is 0.493 e. The molecule has 0 aliphatic rings. The Balaban J connectivity index is 1.35. The second-order valence-corrected chi connectivity index (χ2v) is 10.3. The van der Waals surface area contributed by atoms with Gasteiger partial charge in [-0.3, -0.25) is 9.59 Å². The molecule has 0 aliphatic heterocycles. The van der Waals surface area contributed by atoms with Crippen molar-refractivity contribution in [2.75, 3.05) is 26.1 Å². The molecule has 0 spiro atoms. The van der Waals surface area contributed by atoms with E-state index in [4.69, 9.17) is 30.5 Å². The molecule has 0 bridgehead atoms. The number of methoxy groups -OCH3 is 2. The molecular weight excluding hydrogens is 673 g/mol. The van der Waals surface area contributed by atoms with E-state index in [-0.39, 0.29) is 12.5 Å². The van der Waals surface area contributed by atoms with Crippen LogP contribution in [0.5, 0.6) is 23.0 Å². The molecule has 0 unspecified atom stereocenters. The van der Waals surface area contributed by atoms with E-state index < -0.39 is 5.91 Å². The van der Waals surface area contributed by atoms with Crippen LogP contribution in [0.15, 0.2) is 90.0 Å². The monoisotopic (exact) mass is 699 g/mol. The molecule has 0 heterocycles. The Kier molecular flexibility index (Phi) is 11.0. The van der Waals surface area contributed by atoms with Crippen molar-refractivity contribution in [1.82, 2.24) is 5.43 Å². The molecular formula is C31H27ClIN3O6. The minimum Gasteiger partial charge on any atom is -0.493 e. The second-order valence-electron chi connectivity index (χ2n) is 8.72. The molecule has 2 amide bonds. The molecule has 216 valence electrons. The molecule has 42 heavy (non-hydrogen) atoms. The first-order valence-corrected chi connectivity index (χ1v) is 14.1. The summed E-state index contributed by atoms with van der Waals surface area (Å²) in [6.45, 7) is 0.147. The number of ether oxygens (including phenoxy) is 4. The molecule has 11 heteroatoms. The van der Waals surface area contributed by atoms with Gasteiger partial charge < -0.3 is 24.3 Å². The van der Waals surface area contributed by atoms with Gasteiger partial charge in [-0.1, -0.05) is 41.9 Å². The number of amides is 2. The zero-order valence-corrected chi connectivity index (χ0v) is 25.6. The lowest BCUT2D eigenvalue weighted by molar-refractivity contribution is -0.118. The number of anilines is 1. The third-order valence-corrected chi connectivity index (χ3v) is 6.82. The standard InChI is InChI=1S/C31H27ClIN3O6/c1-39-27-16-22(8-13-26(27)41-18-20-6-4-3-5-7-20)31(38)36-34-17-21-14-25(33)30(28(15-21)40-2)42-19-29(37)35-24-11-9-23(32)10-12-24/h3-17H,18-19H2,1-2H3,(H,35,37)(H,36,38)/b34-17+. The Hall–Kier alpha value is -4.29. The Morgan fingerprint density at radius 2 is 1.62 bits per heavy atom. The van der Waals surface area contributed by atoms with Crippen LogP contribution in [0.1, 0.15) is 21.5 Å². The van der Waals surface area contributed by atoms with E-state index in [1.165, 1.54) is 20.4 Å². The predicted octanol–water partition coefficient (Wildman–Crippen LogP) is 6.32. The fourth-order valence-corrected chi connectivity index (χ4v) is 4.62. The molecule has 4 aromatic carbocycles. The van der Waals surface area contributed by atoms with Gasteiger partial charge in [0.25, 0.3) is 11.8 Å². The third kappa shape index (κ3) is 8.60. The van der Waals surface area contributed by atoms with E-state index in [0.29, 0.717) is 55.0 Å². The number of nitrogens with one attached hydrogen (secondary N) is 2. The van der Waals surface area contributed by atoms with Crippen molar-refractivity contribution < 1.29 is 28.5 Å². The van der Waals surface area contributed by atoms with Gasteiger partial charge in [-0.15, -0.1) is 0 Å². The highest BCUT2D eigenvalue weighted by atomic mass is 127. The summed E-state index contributed by atoms with van der Waals surface area (Å²) in [6.07, 6.45) is 1.48. The van der Waals surface area contributed by atoms with Gasteiger partial charge in [-0.2, -0.15) is 5.10 Å². The Morgan fingerprint density at radius 1 is 0.881 bits per heavy atom. The van der Waals surface area contributed by atoms with Crippen LogP contribution in [-0.2, 0) is 11.4 Å². The molecule has 0 saturated heterocycles. The van der Waals surface area contributed by atoms with Crippen molar-refractivity contribution in [1.29, 1.82) is 0 Å². The van der Waals surface area contributed by atoms with Crippen LogP contribution >= 0.6 is 34.2 Å². The summed E-state index contributed by atoms with van der Waals surface area (Å²) < 4.78 is 23.2. The highest BCUT2D eigenvalue weighted by molar-refractivity contribution is 14.1. The molecule has 0 radical (unpaired) electrons. The SMILES string of the molecule is COc1cc(C(=O)N/N=C/c2cc(I)c(OCC(=O)Nc3ccc(Cl)cc3)c(OC)c2)ccc1OCc1ccccc1. The molecule has 0 atom stereocenters. The summed E-state index contributed by atoms with van der Waals surface area (Å²) in [5.74, 6) is 1.01. The van der Waals surface area contributed by atoms with Crippen LogP contribution < -0.4 is 29.7 Å². The number of halogens is 2. The van der Waals surface area contributed by atoms with E-state index >= 15 is 0 Å². The Bertz CT molecular complexity index is 1570. The number of benzene rings is 4. The summed E-state index contributed by atoms with van der Waals surface area (Å²) in [5.41, 5.74) is 5.13. The summed E-state index contributed by atoms with van der Waals surface area (Å²) in [4.78, 5) is 25.1. The molecule has 2 N–H and O–H groups in total. The van der Waals surface area contributed by atoms with E-state index in [9.17, 15) is 9.59 Å². The fourth-order valence-electron chi connectivity index (χ4n) is 3.72. The van der Waals surface area contributed by atoms with Crippen molar-refractivity contribution >= 4 is 57.9 Å². The van der Waals surface area contributed by atoms with E-state index in [1.807, 2.05) is 30.3 Å². The van der Waals surface area contributed by atoms with Gasteiger partial charge in [0, 0.05) is 16.3 Å². The molecule has 4 aromatic rings. The average Bonchev–Trinajstić information content (AvgIpc) is 3.00. The van der Waals surface area contributed by atoms with Crippen molar-refractivity contribution in [3.05, 3.63) is 110 Å². The Morgan fingerprint density at radius 3 is 2.33 bits per heavy atom. The predicted molar refractivity (Wildman–Crippen MR) is 170 cm³/mol. The van der Waals surface area contributed by atoms with Crippen LogP contribution in [0.2, 0.25) is 5.02 Å².